The van der Waals surface area contributed by atoms with Crippen molar-refractivity contribution in [1.29, 1.82) is 0 Å². The van der Waals surface area contributed by atoms with Gasteiger partial charge in [0.05, 0.1) is 20.3 Å². The molecular weight excluding hydrogens is 272 g/mol. The first-order valence-electron chi connectivity index (χ1n) is 6.85. The van der Waals surface area contributed by atoms with E-state index < -0.39 is 0 Å². The van der Waals surface area contributed by atoms with Crippen LogP contribution >= 0.6 is 0 Å². The number of hydrogen-bond donors (Lipinski definition) is 1. The Hall–Kier alpha value is -1.92. The minimum Gasteiger partial charge on any atom is -0.496 e. The topological polar surface area (TPSA) is 67.9 Å². The summed E-state index contributed by atoms with van der Waals surface area (Å²) in [5.74, 6) is 0.642. The Kier molecular flexibility index (Phi) is 5.30. The summed E-state index contributed by atoms with van der Waals surface area (Å²) in [5, 5.41) is 2.65. The molecule has 1 aromatic carbocycles. The smallest absolute Gasteiger partial charge is 0.239 e. The van der Waals surface area contributed by atoms with Crippen molar-refractivity contribution in [2.24, 2.45) is 0 Å². The maximum atomic E-state index is 11.9. The standard InChI is InChI=1S/C15H20N2O4/c1-16-15(19)13-10-21-6-5-17(13)8-12-7-11(9-18)3-4-14(12)20-2/h3-4,7,9,13H,5-6,8,10H2,1-2H3,(H,16,19). The lowest BCUT2D eigenvalue weighted by atomic mass is 10.1. The second kappa shape index (κ2) is 7.19. The summed E-state index contributed by atoms with van der Waals surface area (Å²) in [7, 11) is 3.21. The SMILES string of the molecule is CNC(=O)C1COCCN1Cc1cc(C=O)ccc1OC. The predicted molar refractivity (Wildman–Crippen MR) is 77.5 cm³/mol. The number of carbonyl (C=O) groups excluding carboxylic acids is 2. The number of hydrogen-bond acceptors (Lipinski definition) is 5. The summed E-state index contributed by atoms with van der Waals surface area (Å²) in [6.07, 6.45) is 0.804. The zero-order valence-corrected chi connectivity index (χ0v) is 12.3. The number of aldehydes is 1. The molecule has 0 spiro atoms. The molecule has 1 unspecified atom stereocenters. The number of rotatable bonds is 5. The molecule has 0 aliphatic carbocycles. The van der Waals surface area contributed by atoms with Crippen molar-refractivity contribution in [3.05, 3.63) is 29.3 Å². The molecule has 0 saturated carbocycles. The maximum absolute atomic E-state index is 11.9. The first-order valence-corrected chi connectivity index (χ1v) is 6.85. The number of methoxy groups -OCH3 is 1. The fraction of sp³-hybridized carbons (Fsp3) is 0.467. The Morgan fingerprint density at radius 1 is 1.57 bits per heavy atom. The molecule has 1 aromatic rings. The summed E-state index contributed by atoms with van der Waals surface area (Å²) in [5.41, 5.74) is 1.48. The van der Waals surface area contributed by atoms with Crippen molar-refractivity contribution in [3.63, 3.8) is 0 Å². The quantitative estimate of drug-likeness (QED) is 0.798. The fourth-order valence-electron chi connectivity index (χ4n) is 2.45. The van der Waals surface area contributed by atoms with Crippen LogP contribution in [0.2, 0.25) is 0 Å². The monoisotopic (exact) mass is 292 g/mol. The van der Waals surface area contributed by atoms with Crippen molar-refractivity contribution in [2.75, 3.05) is 33.9 Å². The largest absolute Gasteiger partial charge is 0.496 e. The van der Waals surface area contributed by atoms with E-state index >= 15 is 0 Å². The third-order valence-electron chi connectivity index (χ3n) is 3.60. The van der Waals surface area contributed by atoms with Gasteiger partial charge in [0.1, 0.15) is 18.1 Å². The average molecular weight is 292 g/mol. The van der Waals surface area contributed by atoms with Crippen LogP contribution in [0.4, 0.5) is 0 Å². The Bertz CT molecular complexity index is 518. The predicted octanol–water partition coefficient (Wildman–Crippen LogP) is 0.454. The third-order valence-corrected chi connectivity index (χ3v) is 3.60. The van der Waals surface area contributed by atoms with Gasteiger partial charge in [0.2, 0.25) is 5.91 Å². The average Bonchev–Trinajstić information content (AvgIpc) is 2.54. The molecule has 1 saturated heterocycles. The molecule has 6 heteroatoms. The molecule has 1 aliphatic heterocycles. The van der Waals surface area contributed by atoms with Gasteiger partial charge in [0.15, 0.2) is 0 Å². The van der Waals surface area contributed by atoms with Gasteiger partial charge < -0.3 is 14.8 Å². The van der Waals surface area contributed by atoms with E-state index in [2.05, 4.69) is 5.32 Å². The van der Waals surface area contributed by atoms with Crippen LogP contribution in [0.15, 0.2) is 18.2 Å². The van der Waals surface area contributed by atoms with Crippen molar-refractivity contribution in [1.82, 2.24) is 10.2 Å². The summed E-state index contributed by atoms with van der Waals surface area (Å²) in [6.45, 7) is 2.15. The van der Waals surface area contributed by atoms with Crippen LogP contribution in [-0.2, 0) is 16.1 Å². The van der Waals surface area contributed by atoms with E-state index in [-0.39, 0.29) is 11.9 Å². The second-order valence-corrected chi connectivity index (χ2v) is 4.86. The van der Waals surface area contributed by atoms with Crippen LogP contribution < -0.4 is 10.1 Å². The van der Waals surface area contributed by atoms with Crippen LogP contribution in [0, 0.1) is 0 Å². The van der Waals surface area contributed by atoms with E-state index in [0.717, 1.165) is 11.8 Å². The molecule has 0 bridgehead atoms. The van der Waals surface area contributed by atoms with E-state index in [1.54, 1.807) is 32.4 Å². The van der Waals surface area contributed by atoms with Gasteiger partial charge in [0, 0.05) is 31.3 Å². The molecule has 1 heterocycles. The van der Waals surface area contributed by atoms with Gasteiger partial charge in [-0.15, -0.1) is 0 Å². The zero-order chi connectivity index (χ0) is 15.2. The lowest BCUT2D eigenvalue weighted by molar-refractivity contribution is -0.132. The van der Waals surface area contributed by atoms with Gasteiger partial charge in [-0.25, -0.2) is 0 Å². The van der Waals surface area contributed by atoms with Crippen LogP contribution in [0.1, 0.15) is 15.9 Å². The zero-order valence-electron chi connectivity index (χ0n) is 12.3. The van der Waals surface area contributed by atoms with Crippen molar-refractivity contribution in [2.45, 2.75) is 12.6 Å². The molecular formula is C15H20N2O4. The molecule has 21 heavy (non-hydrogen) atoms. The van der Waals surface area contributed by atoms with Gasteiger partial charge in [-0.1, -0.05) is 0 Å². The minimum atomic E-state index is -0.326. The second-order valence-electron chi connectivity index (χ2n) is 4.86. The molecule has 114 valence electrons. The Morgan fingerprint density at radius 2 is 2.38 bits per heavy atom. The molecule has 1 aliphatic rings. The molecule has 0 aromatic heterocycles. The number of ether oxygens (including phenoxy) is 2. The van der Waals surface area contributed by atoms with Crippen molar-refractivity contribution < 1.29 is 19.1 Å². The van der Waals surface area contributed by atoms with Crippen LogP contribution in [0.25, 0.3) is 0 Å². The Labute approximate surface area is 124 Å². The molecule has 1 atom stereocenters. The van der Waals surface area contributed by atoms with Gasteiger partial charge in [-0.3, -0.25) is 14.5 Å². The fourth-order valence-corrected chi connectivity index (χ4v) is 2.45. The lowest BCUT2D eigenvalue weighted by Crippen LogP contribution is -2.52. The Balaban J connectivity index is 2.22. The van der Waals surface area contributed by atoms with E-state index in [1.165, 1.54) is 0 Å². The summed E-state index contributed by atoms with van der Waals surface area (Å²) < 4.78 is 10.7. The van der Waals surface area contributed by atoms with E-state index in [0.29, 0.717) is 37.6 Å². The van der Waals surface area contributed by atoms with E-state index in [1.807, 2.05) is 4.90 Å². The van der Waals surface area contributed by atoms with E-state index in [9.17, 15) is 9.59 Å². The summed E-state index contributed by atoms with van der Waals surface area (Å²) in [4.78, 5) is 24.9. The van der Waals surface area contributed by atoms with Crippen molar-refractivity contribution >= 4 is 12.2 Å². The van der Waals surface area contributed by atoms with Gasteiger partial charge in [-0.05, 0) is 18.2 Å². The lowest BCUT2D eigenvalue weighted by Gasteiger charge is -2.34. The van der Waals surface area contributed by atoms with Gasteiger partial charge >= 0.3 is 0 Å². The van der Waals surface area contributed by atoms with Gasteiger partial charge in [0.25, 0.3) is 0 Å². The number of nitrogens with zero attached hydrogens (tertiary/aromatic N) is 1. The highest BCUT2D eigenvalue weighted by Crippen LogP contribution is 2.23. The number of nitrogens with one attached hydrogen (secondary N) is 1. The number of benzene rings is 1. The minimum absolute atomic E-state index is 0.0693. The molecule has 0 radical (unpaired) electrons. The van der Waals surface area contributed by atoms with E-state index in [4.69, 9.17) is 9.47 Å². The first-order chi connectivity index (χ1) is 10.2. The normalized spacial score (nSPS) is 19.0. The number of morpholine rings is 1. The van der Waals surface area contributed by atoms with Crippen molar-refractivity contribution in [3.8, 4) is 5.75 Å². The van der Waals surface area contributed by atoms with Crippen LogP contribution in [0.5, 0.6) is 5.75 Å². The maximum Gasteiger partial charge on any atom is 0.239 e. The summed E-state index contributed by atoms with van der Waals surface area (Å²) >= 11 is 0. The molecule has 6 nitrogen and oxygen atoms in total. The summed E-state index contributed by atoms with van der Waals surface area (Å²) in [6, 6.07) is 4.95. The van der Waals surface area contributed by atoms with Crippen LogP contribution in [-0.4, -0.2) is 57.1 Å². The highest BCUT2D eigenvalue weighted by Gasteiger charge is 2.29. The highest BCUT2D eigenvalue weighted by atomic mass is 16.5. The molecule has 1 fully saturated rings. The molecule has 1 amide bonds. The highest BCUT2D eigenvalue weighted by molar-refractivity contribution is 5.81. The third kappa shape index (κ3) is 3.59. The Morgan fingerprint density at radius 3 is 3.05 bits per heavy atom. The molecule has 1 N–H and O–H groups in total. The number of carbonyl (C=O) groups is 2. The molecule has 2 rings (SSSR count). The number of likely N-dealkylation sites (N-methyl/N-ethyl adjacent to an activating group) is 1. The van der Waals surface area contributed by atoms with Gasteiger partial charge in [-0.2, -0.15) is 0 Å². The number of amides is 1. The van der Waals surface area contributed by atoms with Crippen LogP contribution in [0.3, 0.4) is 0 Å². The first kappa shape index (κ1) is 15.5.